The van der Waals surface area contributed by atoms with Crippen LogP contribution in [0.3, 0.4) is 0 Å². The van der Waals surface area contributed by atoms with Gasteiger partial charge in [0.05, 0.1) is 6.54 Å². The van der Waals surface area contributed by atoms with Crippen LogP contribution < -0.4 is 0 Å². The molecule has 0 fully saturated rings. The number of nitrogens with zero attached hydrogens (tertiary/aromatic N) is 1. The van der Waals surface area contributed by atoms with Gasteiger partial charge < -0.3 is 0 Å². The van der Waals surface area contributed by atoms with Crippen LogP contribution in [0, 0.1) is 5.82 Å². The zero-order chi connectivity index (χ0) is 11.2. The molecule has 0 amide bonds. The smallest absolute Gasteiger partial charge is 0.123 e. The van der Waals surface area contributed by atoms with Gasteiger partial charge in [0, 0.05) is 6.21 Å². The largest absolute Gasteiger partial charge is 0.288 e. The van der Waals surface area contributed by atoms with E-state index in [1.54, 1.807) is 18.3 Å². The minimum Gasteiger partial charge on any atom is -0.288 e. The van der Waals surface area contributed by atoms with Gasteiger partial charge in [0.1, 0.15) is 5.82 Å². The average Bonchev–Trinajstić information content (AvgIpc) is 2.33. The first-order valence-electron chi connectivity index (χ1n) is 5.14. The van der Waals surface area contributed by atoms with E-state index in [1.807, 2.05) is 30.3 Å². The summed E-state index contributed by atoms with van der Waals surface area (Å²) in [5.41, 5.74) is 2.08. The molecule has 2 rings (SSSR count). The van der Waals surface area contributed by atoms with Crippen LogP contribution in [-0.2, 0) is 6.54 Å². The van der Waals surface area contributed by atoms with E-state index < -0.39 is 0 Å². The molecule has 0 atom stereocenters. The number of halogens is 1. The molecule has 0 unspecified atom stereocenters. The normalized spacial score (nSPS) is 10.8. The van der Waals surface area contributed by atoms with Crippen molar-refractivity contribution in [1.82, 2.24) is 0 Å². The topological polar surface area (TPSA) is 12.4 Å². The predicted octanol–water partition coefficient (Wildman–Crippen LogP) is 3.44. The van der Waals surface area contributed by atoms with Crippen molar-refractivity contribution in [2.75, 3.05) is 0 Å². The molecular weight excluding hydrogens is 201 g/mol. The fourth-order valence-electron chi connectivity index (χ4n) is 1.39. The summed E-state index contributed by atoms with van der Waals surface area (Å²) in [6, 6.07) is 16.3. The summed E-state index contributed by atoms with van der Waals surface area (Å²) >= 11 is 0. The van der Waals surface area contributed by atoms with Crippen molar-refractivity contribution in [3.8, 4) is 0 Å². The summed E-state index contributed by atoms with van der Waals surface area (Å²) < 4.78 is 12.6. The van der Waals surface area contributed by atoms with Gasteiger partial charge in [-0.3, -0.25) is 4.99 Å². The van der Waals surface area contributed by atoms with Crippen molar-refractivity contribution in [3.63, 3.8) is 0 Å². The zero-order valence-electron chi connectivity index (χ0n) is 8.81. The van der Waals surface area contributed by atoms with E-state index in [0.29, 0.717) is 6.54 Å². The van der Waals surface area contributed by atoms with Crippen molar-refractivity contribution in [1.29, 1.82) is 0 Å². The lowest BCUT2D eigenvalue weighted by Gasteiger charge is -1.95. The van der Waals surface area contributed by atoms with Crippen LogP contribution in [0.25, 0.3) is 0 Å². The molecule has 0 bridgehead atoms. The van der Waals surface area contributed by atoms with Gasteiger partial charge in [0.15, 0.2) is 0 Å². The van der Waals surface area contributed by atoms with Gasteiger partial charge in [-0.25, -0.2) is 4.39 Å². The molecule has 2 heteroatoms. The van der Waals surface area contributed by atoms with Crippen LogP contribution >= 0.6 is 0 Å². The molecule has 2 aromatic carbocycles. The first kappa shape index (κ1) is 10.6. The second-order valence-electron chi connectivity index (χ2n) is 3.51. The fraction of sp³-hybridized carbons (Fsp3) is 0.0714. The fourth-order valence-corrected chi connectivity index (χ4v) is 1.39. The zero-order valence-corrected chi connectivity index (χ0v) is 8.81. The molecule has 0 spiro atoms. The molecule has 0 aliphatic carbocycles. The second-order valence-corrected chi connectivity index (χ2v) is 3.51. The van der Waals surface area contributed by atoms with E-state index in [1.165, 1.54) is 17.7 Å². The maximum absolute atomic E-state index is 12.6. The standard InChI is InChI=1S/C14H12FN/c15-14-8-6-13(7-9-14)11-16-10-12-4-2-1-3-5-12/h1-9,11H,10H2/b16-11+. The lowest BCUT2D eigenvalue weighted by atomic mass is 10.2. The molecule has 0 N–H and O–H groups in total. The number of hydrogen-bond donors (Lipinski definition) is 0. The maximum atomic E-state index is 12.6. The highest BCUT2D eigenvalue weighted by atomic mass is 19.1. The molecule has 0 aliphatic rings. The van der Waals surface area contributed by atoms with E-state index in [0.717, 1.165) is 5.56 Å². The van der Waals surface area contributed by atoms with Gasteiger partial charge >= 0.3 is 0 Å². The minimum atomic E-state index is -0.222. The third-order valence-electron chi connectivity index (χ3n) is 2.23. The van der Waals surface area contributed by atoms with Gasteiger partial charge in [0.25, 0.3) is 0 Å². The monoisotopic (exact) mass is 213 g/mol. The highest BCUT2D eigenvalue weighted by molar-refractivity contribution is 5.79. The molecule has 0 saturated carbocycles. The molecule has 0 radical (unpaired) electrons. The van der Waals surface area contributed by atoms with E-state index in [2.05, 4.69) is 4.99 Å². The number of hydrogen-bond acceptors (Lipinski definition) is 1. The van der Waals surface area contributed by atoms with Gasteiger partial charge in [-0.2, -0.15) is 0 Å². The van der Waals surface area contributed by atoms with Gasteiger partial charge in [-0.05, 0) is 23.3 Å². The van der Waals surface area contributed by atoms with Crippen LogP contribution in [0.5, 0.6) is 0 Å². The summed E-state index contributed by atoms with van der Waals surface area (Å²) in [5, 5.41) is 0. The van der Waals surface area contributed by atoms with Crippen LogP contribution in [0.4, 0.5) is 4.39 Å². The summed E-state index contributed by atoms with van der Waals surface area (Å²) in [4.78, 5) is 4.29. The van der Waals surface area contributed by atoms with Crippen molar-refractivity contribution in [3.05, 3.63) is 71.5 Å². The van der Waals surface area contributed by atoms with E-state index in [-0.39, 0.29) is 5.82 Å². The SMILES string of the molecule is Fc1ccc(/C=N/Cc2ccccc2)cc1. The summed E-state index contributed by atoms with van der Waals surface area (Å²) in [6.07, 6.45) is 1.76. The molecule has 0 aliphatic heterocycles. The Balaban J connectivity index is 1.98. The molecular formula is C14H12FN. The average molecular weight is 213 g/mol. The molecule has 2 aromatic rings. The quantitative estimate of drug-likeness (QED) is 0.692. The predicted molar refractivity (Wildman–Crippen MR) is 64.1 cm³/mol. The molecule has 0 heterocycles. The molecule has 1 nitrogen and oxygen atoms in total. The summed E-state index contributed by atoms with van der Waals surface area (Å²) in [7, 11) is 0. The number of rotatable bonds is 3. The van der Waals surface area contributed by atoms with Crippen LogP contribution in [0.2, 0.25) is 0 Å². The Kier molecular flexibility index (Phi) is 3.44. The van der Waals surface area contributed by atoms with Gasteiger partial charge in [-0.1, -0.05) is 42.5 Å². The van der Waals surface area contributed by atoms with E-state index in [9.17, 15) is 4.39 Å². The molecule has 0 saturated heterocycles. The van der Waals surface area contributed by atoms with Crippen molar-refractivity contribution in [2.24, 2.45) is 4.99 Å². The Bertz CT molecular complexity index is 460. The van der Waals surface area contributed by atoms with Crippen molar-refractivity contribution in [2.45, 2.75) is 6.54 Å². The summed E-state index contributed by atoms with van der Waals surface area (Å²) in [5.74, 6) is -0.222. The Labute approximate surface area is 94.3 Å². The van der Waals surface area contributed by atoms with Gasteiger partial charge in [-0.15, -0.1) is 0 Å². The molecule has 80 valence electrons. The summed E-state index contributed by atoms with van der Waals surface area (Å²) in [6.45, 7) is 0.651. The first-order valence-corrected chi connectivity index (χ1v) is 5.14. The van der Waals surface area contributed by atoms with Crippen molar-refractivity contribution < 1.29 is 4.39 Å². The number of benzene rings is 2. The third-order valence-corrected chi connectivity index (χ3v) is 2.23. The lowest BCUT2D eigenvalue weighted by molar-refractivity contribution is 0.628. The van der Waals surface area contributed by atoms with E-state index in [4.69, 9.17) is 0 Å². The number of aliphatic imine (C=N–C) groups is 1. The van der Waals surface area contributed by atoms with Crippen LogP contribution in [0.15, 0.2) is 59.6 Å². The van der Waals surface area contributed by atoms with Crippen molar-refractivity contribution >= 4 is 6.21 Å². The van der Waals surface area contributed by atoms with Crippen LogP contribution in [0.1, 0.15) is 11.1 Å². The Morgan fingerprint density at radius 1 is 0.938 bits per heavy atom. The maximum Gasteiger partial charge on any atom is 0.123 e. The third kappa shape index (κ3) is 3.02. The second kappa shape index (κ2) is 5.21. The lowest BCUT2D eigenvalue weighted by Crippen LogP contribution is -1.84. The molecule has 0 aromatic heterocycles. The Hall–Kier alpha value is -1.96. The highest BCUT2D eigenvalue weighted by Gasteiger charge is 1.90. The first-order chi connectivity index (χ1) is 7.84. The van der Waals surface area contributed by atoms with E-state index >= 15 is 0 Å². The highest BCUT2D eigenvalue weighted by Crippen LogP contribution is 2.02. The minimum absolute atomic E-state index is 0.222. The Morgan fingerprint density at radius 2 is 1.62 bits per heavy atom. The van der Waals surface area contributed by atoms with Gasteiger partial charge in [0.2, 0.25) is 0 Å². The van der Waals surface area contributed by atoms with Crippen LogP contribution in [-0.4, -0.2) is 6.21 Å². The Morgan fingerprint density at radius 3 is 2.31 bits per heavy atom. The molecule has 16 heavy (non-hydrogen) atoms.